The summed E-state index contributed by atoms with van der Waals surface area (Å²) >= 11 is 2.42. The molecule has 1 aromatic rings. The van der Waals surface area contributed by atoms with Crippen LogP contribution in [0.4, 0.5) is 0 Å². The summed E-state index contributed by atoms with van der Waals surface area (Å²) in [7, 11) is 0. The normalized spacial score (nSPS) is 16.2. The highest BCUT2D eigenvalue weighted by Gasteiger charge is 2.10. The van der Waals surface area contributed by atoms with Gasteiger partial charge in [-0.1, -0.05) is 47.4 Å². The molecule has 0 fully saturated rings. The molecular weight excluding hydrogens is 283 g/mol. The van der Waals surface area contributed by atoms with Gasteiger partial charge in [0.1, 0.15) is 0 Å². The second-order valence-corrected chi connectivity index (χ2v) is 4.70. The molecule has 1 heteroatoms. The molecule has 1 aliphatic rings. The fraction of sp³-hybridized carbons (Fsp3) is 0.385. The number of rotatable bonds is 1. The van der Waals surface area contributed by atoms with Gasteiger partial charge < -0.3 is 0 Å². The first-order valence-electron chi connectivity index (χ1n) is 5.17. The summed E-state index contributed by atoms with van der Waals surface area (Å²) in [6.07, 6.45) is 5.02. The van der Waals surface area contributed by atoms with E-state index in [-0.39, 0.29) is 0 Å². The van der Waals surface area contributed by atoms with Crippen LogP contribution in [0.5, 0.6) is 0 Å². The molecule has 0 saturated heterocycles. The van der Waals surface area contributed by atoms with Crippen molar-refractivity contribution < 1.29 is 0 Å². The van der Waals surface area contributed by atoms with Crippen molar-refractivity contribution >= 4 is 28.2 Å². The summed E-state index contributed by atoms with van der Waals surface area (Å²) in [6.45, 7) is 4.19. The zero-order chi connectivity index (χ0) is 9.97. The van der Waals surface area contributed by atoms with Crippen LogP contribution in [0, 0.1) is 0 Å². The minimum atomic E-state index is 1.10. The van der Waals surface area contributed by atoms with E-state index in [0.29, 0.717) is 0 Å². The second kappa shape index (κ2) is 4.47. The van der Waals surface area contributed by atoms with E-state index in [4.69, 9.17) is 0 Å². The molecule has 0 unspecified atom stereocenters. The highest BCUT2D eigenvalue weighted by Crippen LogP contribution is 2.29. The Morgan fingerprint density at radius 1 is 1.21 bits per heavy atom. The minimum Gasteiger partial charge on any atom is -0.0952 e. The first-order valence-corrected chi connectivity index (χ1v) is 6.70. The number of halogens is 1. The Labute approximate surface area is 99.6 Å². The molecule has 74 valence electrons. The predicted octanol–water partition coefficient (Wildman–Crippen LogP) is 4.36. The number of hydrogen-bond acceptors (Lipinski definition) is 0. The molecule has 0 aliphatic heterocycles. The van der Waals surface area contributed by atoms with Gasteiger partial charge in [0.25, 0.3) is 0 Å². The van der Waals surface area contributed by atoms with E-state index in [1.165, 1.54) is 47.9 Å². The van der Waals surface area contributed by atoms with Crippen LogP contribution in [0.3, 0.4) is 0 Å². The molecule has 0 atom stereocenters. The van der Waals surface area contributed by atoms with Crippen LogP contribution < -0.4 is 0 Å². The van der Waals surface area contributed by atoms with Crippen LogP contribution in [0.15, 0.2) is 24.8 Å². The molecule has 0 aromatic heterocycles. The molecular formula is C13H15I. The molecule has 0 radical (unpaired) electrons. The van der Waals surface area contributed by atoms with Crippen molar-refractivity contribution in [3.05, 3.63) is 41.5 Å². The lowest BCUT2D eigenvalue weighted by Gasteiger charge is -2.08. The second-order valence-electron chi connectivity index (χ2n) is 3.94. The van der Waals surface area contributed by atoms with E-state index in [0.717, 1.165) is 4.43 Å². The van der Waals surface area contributed by atoms with E-state index >= 15 is 0 Å². The molecule has 0 nitrogen and oxygen atoms in total. The van der Waals surface area contributed by atoms with Crippen molar-refractivity contribution in [1.29, 1.82) is 0 Å². The van der Waals surface area contributed by atoms with E-state index in [1.54, 1.807) is 0 Å². The van der Waals surface area contributed by atoms with Crippen molar-refractivity contribution in [2.24, 2.45) is 0 Å². The summed E-state index contributed by atoms with van der Waals surface area (Å²) < 4.78 is 1.10. The third-order valence-electron chi connectivity index (χ3n) is 2.88. The lowest BCUT2D eigenvalue weighted by molar-refractivity contribution is 0.771. The zero-order valence-electron chi connectivity index (χ0n) is 8.35. The topological polar surface area (TPSA) is 0 Å². The van der Waals surface area contributed by atoms with Gasteiger partial charge in [-0.3, -0.25) is 0 Å². The molecule has 1 aromatic carbocycles. The fourth-order valence-electron chi connectivity index (χ4n) is 2.04. The maximum absolute atomic E-state index is 4.19. The van der Waals surface area contributed by atoms with Gasteiger partial charge in [0.05, 0.1) is 0 Å². The van der Waals surface area contributed by atoms with Crippen LogP contribution in [0.2, 0.25) is 0 Å². The Bertz CT molecular complexity index is 352. The number of allylic oxidation sites excluding steroid dienone is 1. The van der Waals surface area contributed by atoms with Crippen LogP contribution >= 0.6 is 22.6 Å². The maximum Gasteiger partial charge on any atom is 0.0247 e. The maximum atomic E-state index is 4.19. The summed E-state index contributed by atoms with van der Waals surface area (Å²) in [5.74, 6) is 0. The summed E-state index contributed by atoms with van der Waals surface area (Å²) in [5.41, 5.74) is 5.69. The first kappa shape index (κ1) is 10.2. The van der Waals surface area contributed by atoms with Gasteiger partial charge >= 0.3 is 0 Å². The molecule has 0 bridgehead atoms. The van der Waals surface area contributed by atoms with Crippen molar-refractivity contribution in [2.75, 3.05) is 0 Å². The van der Waals surface area contributed by atoms with Gasteiger partial charge in [0.15, 0.2) is 0 Å². The highest BCUT2D eigenvalue weighted by molar-refractivity contribution is 14.1. The molecule has 14 heavy (non-hydrogen) atoms. The van der Waals surface area contributed by atoms with Gasteiger partial charge in [-0.05, 0) is 47.9 Å². The third kappa shape index (κ3) is 2.02. The molecule has 0 saturated carbocycles. The number of benzene rings is 1. The van der Waals surface area contributed by atoms with Gasteiger partial charge in [-0.25, -0.2) is 0 Å². The summed E-state index contributed by atoms with van der Waals surface area (Å²) in [4.78, 5) is 0. The van der Waals surface area contributed by atoms with E-state index in [2.05, 4.69) is 47.4 Å². The Morgan fingerprint density at radius 2 is 2.00 bits per heavy atom. The largest absolute Gasteiger partial charge is 0.0952 e. The molecule has 0 amide bonds. The third-order valence-corrected chi connectivity index (χ3v) is 3.76. The number of fused-ring (bicyclic) bond motifs is 1. The van der Waals surface area contributed by atoms with Crippen molar-refractivity contribution in [3.8, 4) is 0 Å². The van der Waals surface area contributed by atoms with Crippen molar-refractivity contribution in [1.82, 2.24) is 0 Å². The van der Waals surface area contributed by atoms with Gasteiger partial charge in [-0.2, -0.15) is 0 Å². The standard InChI is InChI=1S/C13H15I/c1-10-4-2-3-5-12-7-6-11(9-14)8-13(10)12/h6-8H,1-5,9H2. The quantitative estimate of drug-likeness (QED) is 0.410. The molecule has 0 spiro atoms. The SMILES string of the molecule is C=C1CCCCc2ccc(CI)cc21. The minimum absolute atomic E-state index is 1.10. The van der Waals surface area contributed by atoms with Crippen molar-refractivity contribution in [2.45, 2.75) is 30.1 Å². The van der Waals surface area contributed by atoms with Gasteiger partial charge in [0, 0.05) is 4.43 Å². The first-order chi connectivity index (χ1) is 6.81. The lowest BCUT2D eigenvalue weighted by Crippen LogP contribution is -1.91. The fourth-order valence-corrected chi connectivity index (χ4v) is 2.52. The van der Waals surface area contributed by atoms with Crippen LogP contribution in [0.1, 0.15) is 36.0 Å². The van der Waals surface area contributed by atoms with Gasteiger partial charge in [-0.15, -0.1) is 0 Å². The number of alkyl halides is 1. The Hall–Kier alpha value is -0.310. The van der Waals surface area contributed by atoms with Crippen molar-refractivity contribution in [3.63, 3.8) is 0 Å². The molecule has 1 aliphatic carbocycles. The highest BCUT2D eigenvalue weighted by atomic mass is 127. The number of aryl methyl sites for hydroxylation is 1. The van der Waals surface area contributed by atoms with E-state index < -0.39 is 0 Å². The van der Waals surface area contributed by atoms with E-state index in [9.17, 15) is 0 Å². The Kier molecular flexibility index (Phi) is 3.26. The number of hydrogen-bond donors (Lipinski definition) is 0. The Morgan fingerprint density at radius 3 is 2.79 bits per heavy atom. The average Bonchev–Trinajstić information content (AvgIpc) is 2.40. The monoisotopic (exact) mass is 298 g/mol. The van der Waals surface area contributed by atoms with Crippen LogP contribution in [-0.2, 0) is 10.8 Å². The molecule has 2 rings (SSSR count). The van der Waals surface area contributed by atoms with Crippen LogP contribution in [0.25, 0.3) is 5.57 Å². The summed E-state index contributed by atoms with van der Waals surface area (Å²) in [5, 5.41) is 0. The average molecular weight is 298 g/mol. The lowest BCUT2D eigenvalue weighted by atomic mass is 9.98. The zero-order valence-corrected chi connectivity index (χ0v) is 10.5. The van der Waals surface area contributed by atoms with Gasteiger partial charge in [0.2, 0.25) is 0 Å². The predicted molar refractivity (Wildman–Crippen MR) is 70.8 cm³/mol. The van der Waals surface area contributed by atoms with E-state index in [1.807, 2.05) is 0 Å². The Balaban J connectivity index is 2.44. The molecule has 0 N–H and O–H groups in total. The molecule has 0 heterocycles. The smallest absolute Gasteiger partial charge is 0.0247 e. The van der Waals surface area contributed by atoms with Crippen LogP contribution in [-0.4, -0.2) is 0 Å². The summed E-state index contributed by atoms with van der Waals surface area (Å²) in [6, 6.07) is 6.87.